The number of nitrogens with one attached hydrogen (secondary N) is 1. The summed E-state index contributed by atoms with van der Waals surface area (Å²) in [5.41, 5.74) is 0.282. The first-order valence-electron chi connectivity index (χ1n) is 9.50. The molecule has 2 aromatic carbocycles. The molecule has 0 spiro atoms. The third-order valence-corrected chi connectivity index (χ3v) is 5.21. The number of fused-ring (bicyclic) bond motifs is 2. The Hall–Kier alpha value is -3.48. The molecule has 1 unspecified atom stereocenters. The predicted molar refractivity (Wildman–Crippen MR) is 107 cm³/mol. The van der Waals surface area contributed by atoms with Crippen LogP contribution in [0.5, 0.6) is 0 Å². The summed E-state index contributed by atoms with van der Waals surface area (Å²) in [6, 6.07) is 14.2. The Kier molecular flexibility index (Phi) is 4.66. The number of hydrogen-bond donors (Lipinski definition) is 1. The van der Waals surface area contributed by atoms with E-state index in [1.807, 2.05) is 19.1 Å². The number of nitrogens with zero attached hydrogens (tertiary/aromatic N) is 2. The molecule has 1 atom stereocenters. The molecule has 29 heavy (non-hydrogen) atoms. The predicted octanol–water partition coefficient (Wildman–Crippen LogP) is 2.44. The van der Waals surface area contributed by atoms with E-state index in [4.69, 9.17) is 4.74 Å². The first-order valence-corrected chi connectivity index (χ1v) is 9.50. The zero-order valence-electron chi connectivity index (χ0n) is 16.3. The topological polar surface area (TPSA) is 92.4 Å². The molecule has 0 fully saturated rings. The highest BCUT2D eigenvalue weighted by Crippen LogP contribution is 2.30. The molecule has 1 aliphatic heterocycles. The van der Waals surface area contributed by atoms with Crippen molar-refractivity contribution in [2.45, 2.75) is 32.4 Å². The molecular weight excluding hydrogens is 370 g/mol. The van der Waals surface area contributed by atoms with Gasteiger partial charge in [-0.05, 0) is 37.6 Å². The van der Waals surface area contributed by atoms with Gasteiger partial charge in [0.25, 0.3) is 11.5 Å². The highest BCUT2D eigenvalue weighted by Gasteiger charge is 2.44. The van der Waals surface area contributed by atoms with Crippen molar-refractivity contribution < 1.29 is 14.3 Å². The van der Waals surface area contributed by atoms with Crippen LogP contribution in [0.15, 0.2) is 53.3 Å². The van der Waals surface area contributed by atoms with Gasteiger partial charge in [0.05, 0.1) is 23.0 Å². The lowest BCUT2D eigenvalue weighted by Gasteiger charge is -2.36. The summed E-state index contributed by atoms with van der Waals surface area (Å²) in [4.78, 5) is 46.8. The van der Waals surface area contributed by atoms with Crippen LogP contribution in [-0.2, 0) is 22.5 Å². The number of aromatic amines is 1. The Morgan fingerprint density at radius 1 is 1.17 bits per heavy atom. The Morgan fingerprint density at radius 2 is 1.90 bits per heavy atom. The van der Waals surface area contributed by atoms with Crippen LogP contribution in [0.1, 0.15) is 35.6 Å². The molecule has 0 saturated heterocycles. The number of likely N-dealkylation sites (N-methyl/N-ethyl adjacent to an activating group) is 1. The van der Waals surface area contributed by atoms with E-state index >= 15 is 0 Å². The first kappa shape index (κ1) is 18.9. The van der Waals surface area contributed by atoms with E-state index in [2.05, 4.69) is 9.97 Å². The average Bonchev–Trinajstić information content (AvgIpc) is 2.71. The molecule has 148 valence electrons. The van der Waals surface area contributed by atoms with Crippen molar-refractivity contribution in [1.82, 2.24) is 14.9 Å². The van der Waals surface area contributed by atoms with Crippen LogP contribution in [0, 0.1) is 0 Å². The van der Waals surface area contributed by atoms with Crippen LogP contribution in [0.3, 0.4) is 0 Å². The van der Waals surface area contributed by atoms with Gasteiger partial charge in [-0.25, -0.2) is 9.78 Å². The van der Waals surface area contributed by atoms with E-state index in [1.165, 1.54) is 4.90 Å². The smallest absolute Gasteiger partial charge is 0.339 e. The zero-order chi connectivity index (χ0) is 20.6. The highest BCUT2D eigenvalue weighted by molar-refractivity contribution is 5.97. The van der Waals surface area contributed by atoms with Crippen LogP contribution in [0.2, 0.25) is 0 Å². The second kappa shape index (κ2) is 7.16. The third kappa shape index (κ3) is 3.40. The van der Waals surface area contributed by atoms with E-state index in [9.17, 15) is 14.4 Å². The van der Waals surface area contributed by atoms with Crippen molar-refractivity contribution in [2.24, 2.45) is 0 Å². The third-order valence-electron chi connectivity index (χ3n) is 5.21. The van der Waals surface area contributed by atoms with Gasteiger partial charge in [-0.3, -0.25) is 9.59 Å². The number of para-hydroxylation sites is 1. The number of H-pyrrole nitrogens is 1. The maximum Gasteiger partial charge on any atom is 0.339 e. The fourth-order valence-electron chi connectivity index (χ4n) is 3.70. The van der Waals surface area contributed by atoms with Crippen LogP contribution in [-0.4, -0.2) is 38.9 Å². The number of ether oxygens (including phenoxy) is 1. The van der Waals surface area contributed by atoms with Crippen LogP contribution in [0.25, 0.3) is 10.9 Å². The average molecular weight is 391 g/mol. The summed E-state index contributed by atoms with van der Waals surface area (Å²) in [6.45, 7) is 3.95. The molecule has 1 aromatic heterocycles. The van der Waals surface area contributed by atoms with Gasteiger partial charge in [0.15, 0.2) is 5.60 Å². The molecule has 7 heteroatoms. The minimum absolute atomic E-state index is 0.115. The van der Waals surface area contributed by atoms with Crippen molar-refractivity contribution in [3.63, 3.8) is 0 Å². The van der Waals surface area contributed by atoms with E-state index in [0.717, 1.165) is 5.56 Å². The van der Waals surface area contributed by atoms with Gasteiger partial charge in [0, 0.05) is 13.0 Å². The van der Waals surface area contributed by atoms with Gasteiger partial charge in [-0.1, -0.05) is 30.3 Å². The molecule has 0 bridgehead atoms. The summed E-state index contributed by atoms with van der Waals surface area (Å²) in [6.07, 6.45) is 0.298. The second-order valence-electron chi connectivity index (χ2n) is 7.30. The van der Waals surface area contributed by atoms with Gasteiger partial charge in [0.1, 0.15) is 5.82 Å². The number of amides is 1. The van der Waals surface area contributed by atoms with Crippen molar-refractivity contribution >= 4 is 22.8 Å². The number of hydrogen-bond acceptors (Lipinski definition) is 5. The molecule has 1 amide bonds. The normalized spacial score (nSPS) is 18.2. The number of esters is 1. The maximum absolute atomic E-state index is 13.3. The number of carbonyl (C=O) groups is 2. The van der Waals surface area contributed by atoms with Gasteiger partial charge >= 0.3 is 5.97 Å². The minimum atomic E-state index is -1.31. The van der Waals surface area contributed by atoms with Crippen LogP contribution < -0.4 is 5.56 Å². The van der Waals surface area contributed by atoms with Gasteiger partial charge < -0.3 is 14.6 Å². The molecule has 7 nitrogen and oxygen atoms in total. The van der Waals surface area contributed by atoms with Crippen molar-refractivity contribution in [3.8, 4) is 0 Å². The van der Waals surface area contributed by atoms with E-state index in [-0.39, 0.29) is 18.0 Å². The summed E-state index contributed by atoms with van der Waals surface area (Å²) >= 11 is 0. The molecular formula is C22H21N3O4. The first-order chi connectivity index (χ1) is 13.9. The van der Waals surface area contributed by atoms with E-state index in [0.29, 0.717) is 35.3 Å². The van der Waals surface area contributed by atoms with E-state index < -0.39 is 11.6 Å². The zero-order valence-corrected chi connectivity index (χ0v) is 16.3. The molecule has 0 radical (unpaired) electrons. The number of aromatic nitrogens is 2. The van der Waals surface area contributed by atoms with Gasteiger partial charge in [-0.15, -0.1) is 0 Å². The van der Waals surface area contributed by atoms with E-state index in [1.54, 1.807) is 43.3 Å². The lowest BCUT2D eigenvalue weighted by molar-refractivity contribution is -0.151. The molecule has 1 N–H and O–H groups in total. The number of rotatable bonds is 4. The Balaban J connectivity index is 1.62. The minimum Gasteiger partial charge on any atom is -0.445 e. The molecule has 3 aromatic rings. The molecule has 2 heterocycles. The maximum atomic E-state index is 13.3. The number of cyclic esters (lactones) is 1. The highest BCUT2D eigenvalue weighted by atomic mass is 16.6. The summed E-state index contributed by atoms with van der Waals surface area (Å²) < 4.78 is 5.55. The fourth-order valence-corrected chi connectivity index (χ4v) is 3.70. The summed E-state index contributed by atoms with van der Waals surface area (Å²) in [7, 11) is 0. The fraction of sp³-hybridized carbons (Fsp3) is 0.273. The summed E-state index contributed by atoms with van der Waals surface area (Å²) in [5.74, 6) is -0.440. The quantitative estimate of drug-likeness (QED) is 0.690. The number of carbonyl (C=O) groups excluding carboxylic acids is 2. The molecule has 0 saturated carbocycles. The van der Waals surface area contributed by atoms with Gasteiger partial charge in [0.2, 0.25) is 0 Å². The molecule has 0 aliphatic carbocycles. The summed E-state index contributed by atoms with van der Waals surface area (Å²) in [5, 5.41) is 0.496. The van der Waals surface area contributed by atoms with Crippen LogP contribution >= 0.6 is 0 Å². The Bertz CT molecular complexity index is 1170. The second-order valence-corrected chi connectivity index (χ2v) is 7.30. The Morgan fingerprint density at radius 3 is 2.69 bits per heavy atom. The molecule has 4 rings (SSSR count). The SMILES string of the molecule is CCN(Cc1nc2ccccc2c(=O)[nH]1)C(=O)C1(C)Cc2ccccc2C(=O)O1. The lowest BCUT2D eigenvalue weighted by Crippen LogP contribution is -2.53. The lowest BCUT2D eigenvalue weighted by atomic mass is 9.89. The van der Waals surface area contributed by atoms with Gasteiger partial charge in [-0.2, -0.15) is 0 Å². The standard InChI is InChI=1S/C22H21N3O4/c1-3-25(13-18-23-17-11-7-6-10-16(17)19(26)24-18)21(28)22(2)12-14-8-4-5-9-15(14)20(27)29-22/h4-11H,3,12-13H2,1-2H3,(H,23,24,26). The number of benzene rings is 2. The monoisotopic (exact) mass is 391 g/mol. The molecule has 1 aliphatic rings. The van der Waals surface area contributed by atoms with Crippen LogP contribution in [0.4, 0.5) is 0 Å². The Labute approximate surface area is 167 Å². The largest absolute Gasteiger partial charge is 0.445 e. The van der Waals surface area contributed by atoms with Crippen molar-refractivity contribution in [3.05, 3.63) is 75.8 Å². The van der Waals surface area contributed by atoms with Crippen molar-refractivity contribution in [2.75, 3.05) is 6.54 Å². The van der Waals surface area contributed by atoms with Crippen molar-refractivity contribution in [1.29, 1.82) is 0 Å².